The molecule has 1 aliphatic carbocycles. The molecule has 0 bridgehead atoms. The molecule has 0 amide bonds. The molecular weight excluding hydrogens is 270 g/mol. The molecule has 0 saturated carbocycles. The minimum Gasteiger partial charge on any atom is -0.306 e. The summed E-state index contributed by atoms with van der Waals surface area (Å²) in [5, 5.41) is 3.64. The zero-order valence-corrected chi connectivity index (χ0v) is 13.0. The maximum Gasteiger partial charge on any atom is 0.151 e. The molecular formula is C16H23NO2S. The molecule has 0 spiro atoms. The van der Waals surface area contributed by atoms with Crippen molar-refractivity contribution in [1.82, 2.24) is 5.32 Å². The maximum absolute atomic E-state index is 11.6. The van der Waals surface area contributed by atoms with Gasteiger partial charge in [0.15, 0.2) is 9.84 Å². The molecule has 1 saturated heterocycles. The van der Waals surface area contributed by atoms with Crippen molar-refractivity contribution in [3.05, 3.63) is 35.4 Å². The molecule has 1 N–H and O–H groups in total. The van der Waals surface area contributed by atoms with E-state index < -0.39 is 9.84 Å². The lowest BCUT2D eigenvalue weighted by molar-refractivity contribution is 0.197. The highest BCUT2D eigenvalue weighted by Crippen LogP contribution is 2.43. The van der Waals surface area contributed by atoms with Gasteiger partial charge in [-0.15, -0.1) is 0 Å². The van der Waals surface area contributed by atoms with Crippen molar-refractivity contribution in [2.24, 2.45) is 5.41 Å². The quantitative estimate of drug-likeness (QED) is 0.911. The Kier molecular flexibility index (Phi) is 3.41. The summed E-state index contributed by atoms with van der Waals surface area (Å²) < 4.78 is 23.3. The zero-order valence-electron chi connectivity index (χ0n) is 12.2. The fraction of sp³-hybridized carbons (Fsp3) is 0.625. The van der Waals surface area contributed by atoms with Gasteiger partial charge in [0.1, 0.15) is 0 Å². The van der Waals surface area contributed by atoms with Crippen molar-refractivity contribution in [2.75, 3.05) is 11.5 Å². The smallest absolute Gasteiger partial charge is 0.151 e. The van der Waals surface area contributed by atoms with Gasteiger partial charge in [0.05, 0.1) is 11.5 Å². The second-order valence-electron chi connectivity index (χ2n) is 6.89. The number of aryl methyl sites for hydroxylation is 1. The lowest BCUT2D eigenvalue weighted by Crippen LogP contribution is -2.43. The van der Waals surface area contributed by atoms with E-state index in [-0.39, 0.29) is 17.5 Å². The van der Waals surface area contributed by atoms with Gasteiger partial charge in [-0.05, 0) is 35.8 Å². The molecule has 0 radical (unpaired) electrons. The first-order chi connectivity index (χ1) is 9.37. The summed E-state index contributed by atoms with van der Waals surface area (Å²) in [5.74, 6) is 0.626. The molecule has 4 heteroatoms. The number of fused-ring (bicyclic) bond motifs is 1. The van der Waals surface area contributed by atoms with Crippen molar-refractivity contribution in [1.29, 1.82) is 0 Å². The van der Waals surface area contributed by atoms with Crippen LogP contribution in [0.15, 0.2) is 24.3 Å². The fourth-order valence-corrected chi connectivity index (χ4v) is 5.23. The zero-order chi connectivity index (χ0) is 14.4. The number of rotatable bonds is 2. The van der Waals surface area contributed by atoms with Gasteiger partial charge in [0.25, 0.3) is 0 Å². The van der Waals surface area contributed by atoms with E-state index in [0.717, 1.165) is 19.3 Å². The predicted octanol–water partition coefficient (Wildman–Crippen LogP) is 2.48. The normalized spacial score (nSPS) is 30.9. The standard InChI is InChI=1S/C16H23NO2S/c1-16(2)9-7-12-5-3-4-6-14(12)15(16)17-13-8-10-20(18,19)11-13/h3-6,13,15,17H,7-11H2,1-2H3. The third kappa shape index (κ3) is 2.63. The van der Waals surface area contributed by atoms with Crippen LogP contribution in [-0.2, 0) is 16.3 Å². The van der Waals surface area contributed by atoms with Crippen LogP contribution in [0.1, 0.15) is 43.9 Å². The monoisotopic (exact) mass is 293 g/mol. The third-order valence-electron chi connectivity index (χ3n) is 4.82. The molecule has 3 rings (SSSR count). The fourth-order valence-electron chi connectivity index (χ4n) is 3.54. The van der Waals surface area contributed by atoms with E-state index in [1.54, 1.807) is 0 Å². The number of benzene rings is 1. The van der Waals surface area contributed by atoms with Crippen LogP contribution >= 0.6 is 0 Å². The Morgan fingerprint density at radius 1 is 1.25 bits per heavy atom. The Hall–Kier alpha value is -0.870. The van der Waals surface area contributed by atoms with Crippen molar-refractivity contribution < 1.29 is 8.42 Å². The molecule has 1 fully saturated rings. The Labute approximate surface area is 121 Å². The van der Waals surface area contributed by atoms with Crippen LogP contribution in [0.2, 0.25) is 0 Å². The summed E-state index contributed by atoms with van der Waals surface area (Å²) in [6.07, 6.45) is 3.00. The van der Waals surface area contributed by atoms with E-state index in [2.05, 4.69) is 43.4 Å². The average molecular weight is 293 g/mol. The predicted molar refractivity (Wildman–Crippen MR) is 81.5 cm³/mol. The van der Waals surface area contributed by atoms with Gasteiger partial charge in [-0.1, -0.05) is 38.1 Å². The summed E-state index contributed by atoms with van der Waals surface area (Å²) in [4.78, 5) is 0. The van der Waals surface area contributed by atoms with E-state index in [4.69, 9.17) is 0 Å². The highest BCUT2D eigenvalue weighted by atomic mass is 32.2. The van der Waals surface area contributed by atoms with Crippen LogP contribution in [-0.4, -0.2) is 26.0 Å². The van der Waals surface area contributed by atoms with Gasteiger partial charge in [0.2, 0.25) is 0 Å². The molecule has 110 valence electrons. The van der Waals surface area contributed by atoms with Gasteiger partial charge in [-0.25, -0.2) is 8.42 Å². The van der Waals surface area contributed by atoms with Gasteiger partial charge in [0, 0.05) is 12.1 Å². The largest absolute Gasteiger partial charge is 0.306 e. The van der Waals surface area contributed by atoms with Gasteiger partial charge >= 0.3 is 0 Å². The van der Waals surface area contributed by atoms with Crippen molar-refractivity contribution >= 4 is 9.84 Å². The second kappa shape index (κ2) is 4.85. The van der Waals surface area contributed by atoms with E-state index in [9.17, 15) is 8.42 Å². The van der Waals surface area contributed by atoms with E-state index in [0.29, 0.717) is 11.5 Å². The summed E-state index contributed by atoms with van der Waals surface area (Å²) in [6.45, 7) is 4.56. The van der Waals surface area contributed by atoms with E-state index in [1.165, 1.54) is 11.1 Å². The minimum atomic E-state index is -2.82. The van der Waals surface area contributed by atoms with Crippen LogP contribution in [0.3, 0.4) is 0 Å². The van der Waals surface area contributed by atoms with Gasteiger partial charge < -0.3 is 5.32 Å². The Morgan fingerprint density at radius 3 is 2.70 bits per heavy atom. The van der Waals surface area contributed by atoms with Crippen LogP contribution in [0.5, 0.6) is 0 Å². The number of sulfone groups is 1. The molecule has 2 unspecified atom stereocenters. The molecule has 2 aliphatic rings. The van der Waals surface area contributed by atoms with Crippen molar-refractivity contribution in [3.63, 3.8) is 0 Å². The molecule has 2 atom stereocenters. The van der Waals surface area contributed by atoms with Crippen LogP contribution < -0.4 is 5.32 Å². The molecule has 1 aromatic carbocycles. The Balaban J connectivity index is 1.87. The topological polar surface area (TPSA) is 46.2 Å². The first-order valence-electron chi connectivity index (χ1n) is 7.42. The summed E-state index contributed by atoms with van der Waals surface area (Å²) in [5.41, 5.74) is 2.93. The van der Waals surface area contributed by atoms with E-state index >= 15 is 0 Å². The molecule has 20 heavy (non-hydrogen) atoms. The lowest BCUT2D eigenvalue weighted by Gasteiger charge is -2.42. The number of nitrogens with one attached hydrogen (secondary N) is 1. The molecule has 0 aromatic heterocycles. The SMILES string of the molecule is CC1(C)CCc2ccccc2C1NC1CCS(=O)(=O)C1. The molecule has 3 nitrogen and oxygen atoms in total. The van der Waals surface area contributed by atoms with E-state index in [1.807, 2.05) is 0 Å². The first kappa shape index (κ1) is 14.1. The molecule has 1 aliphatic heterocycles. The summed E-state index contributed by atoms with van der Waals surface area (Å²) in [6, 6.07) is 8.93. The Morgan fingerprint density at radius 2 is 2.00 bits per heavy atom. The second-order valence-corrected chi connectivity index (χ2v) is 9.12. The highest BCUT2D eigenvalue weighted by Gasteiger charge is 2.38. The van der Waals surface area contributed by atoms with Crippen LogP contribution in [0, 0.1) is 5.41 Å². The molecule has 1 heterocycles. The number of hydrogen-bond donors (Lipinski definition) is 1. The minimum absolute atomic E-state index is 0.107. The Bertz CT molecular complexity index is 607. The highest BCUT2D eigenvalue weighted by molar-refractivity contribution is 7.91. The molecule has 1 aromatic rings. The maximum atomic E-state index is 11.6. The van der Waals surface area contributed by atoms with Crippen LogP contribution in [0.25, 0.3) is 0 Å². The summed E-state index contributed by atoms with van der Waals surface area (Å²) in [7, 11) is -2.82. The van der Waals surface area contributed by atoms with Gasteiger partial charge in [-0.3, -0.25) is 0 Å². The van der Waals surface area contributed by atoms with Crippen LogP contribution in [0.4, 0.5) is 0 Å². The first-order valence-corrected chi connectivity index (χ1v) is 9.24. The summed E-state index contributed by atoms with van der Waals surface area (Å²) >= 11 is 0. The number of hydrogen-bond acceptors (Lipinski definition) is 3. The van der Waals surface area contributed by atoms with Crippen molar-refractivity contribution in [2.45, 2.75) is 45.2 Å². The van der Waals surface area contributed by atoms with Crippen molar-refractivity contribution in [3.8, 4) is 0 Å². The average Bonchev–Trinajstić information content (AvgIpc) is 2.73. The third-order valence-corrected chi connectivity index (χ3v) is 6.59. The van der Waals surface area contributed by atoms with Gasteiger partial charge in [-0.2, -0.15) is 0 Å². The lowest BCUT2D eigenvalue weighted by atomic mass is 9.70.